The molecule has 1 aliphatic heterocycles. The summed E-state index contributed by atoms with van der Waals surface area (Å²) in [6.45, 7) is 7.18. The first-order valence-corrected chi connectivity index (χ1v) is 9.27. The molecule has 0 aromatic rings. The highest BCUT2D eigenvalue weighted by Crippen LogP contribution is 2.12. The van der Waals surface area contributed by atoms with E-state index in [-0.39, 0.29) is 6.09 Å². The molecule has 0 unspecified atom stereocenters. The molecule has 1 heterocycles. The molecule has 3 heteroatoms. The van der Waals surface area contributed by atoms with Crippen LogP contribution in [0.4, 0.5) is 4.79 Å². The van der Waals surface area contributed by atoms with Gasteiger partial charge in [-0.3, -0.25) is 0 Å². The quantitative estimate of drug-likeness (QED) is 0.523. The van der Waals surface area contributed by atoms with E-state index in [1.807, 2.05) is 25.7 Å². The third kappa shape index (κ3) is 11.0. The molecular weight excluding hydrogens is 286 g/mol. The van der Waals surface area contributed by atoms with E-state index in [9.17, 15) is 4.79 Å². The van der Waals surface area contributed by atoms with Crippen LogP contribution >= 0.6 is 0 Å². The predicted molar refractivity (Wildman–Crippen MR) is 97.6 cm³/mol. The third-order valence-corrected chi connectivity index (χ3v) is 3.85. The minimum absolute atomic E-state index is 0.196. The number of allylic oxidation sites excluding steroid dienone is 3. The number of carbonyl (C=O) groups is 1. The fraction of sp³-hybridized carbons (Fsp3) is 0.750. The lowest BCUT2D eigenvalue weighted by molar-refractivity contribution is 0.0269. The number of nitrogens with zero attached hydrogens (tertiary/aromatic N) is 1. The van der Waals surface area contributed by atoms with E-state index < -0.39 is 5.60 Å². The van der Waals surface area contributed by atoms with Crippen molar-refractivity contribution >= 4 is 6.09 Å². The second kappa shape index (κ2) is 11.3. The van der Waals surface area contributed by atoms with Crippen molar-refractivity contribution in [3.05, 3.63) is 24.3 Å². The molecule has 1 amide bonds. The van der Waals surface area contributed by atoms with Crippen LogP contribution in [-0.4, -0.2) is 29.7 Å². The SMILES string of the molecule is CC(C)(C)OC(=O)N1CC=CCCCCCCC=CCCCC1. The summed E-state index contributed by atoms with van der Waals surface area (Å²) in [7, 11) is 0. The number of carbonyl (C=O) groups excluding carboxylic acids is 1. The molecule has 0 saturated heterocycles. The Labute approximate surface area is 142 Å². The Bertz CT molecular complexity index is 380. The van der Waals surface area contributed by atoms with Gasteiger partial charge < -0.3 is 9.64 Å². The molecule has 0 fully saturated rings. The Hall–Kier alpha value is -1.25. The maximum absolute atomic E-state index is 12.3. The number of hydrogen-bond donors (Lipinski definition) is 0. The van der Waals surface area contributed by atoms with Crippen LogP contribution in [0, 0.1) is 0 Å². The zero-order valence-corrected chi connectivity index (χ0v) is 15.4. The summed E-state index contributed by atoms with van der Waals surface area (Å²) in [5, 5.41) is 0. The van der Waals surface area contributed by atoms with Crippen LogP contribution in [0.1, 0.15) is 78.6 Å². The molecular formula is C20H35NO2. The number of amides is 1. The average molecular weight is 322 g/mol. The van der Waals surface area contributed by atoms with Gasteiger partial charge in [0.15, 0.2) is 0 Å². The second-order valence-electron chi connectivity index (χ2n) is 7.36. The lowest BCUT2D eigenvalue weighted by Crippen LogP contribution is -2.37. The van der Waals surface area contributed by atoms with Crippen molar-refractivity contribution in [3.63, 3.8) is 0 Å². The fourth-order valence-corrected chi connectivity index (χ4v) is 2.58. The molecule has 1 rings (SSSR count). The van der Waals surface area contributed by atoms with Crippen molar-refractivity contribution in [1.29, 1.82) is 0 Å². The third-order valence-electron chi connectivity index (χ3n) is 3.85. The summed E-state index contributed by atoms with van der Waals surface area (Å²) in [6, 6.07) is 0. The summed E-state index contributed by atoms with van der Waals surface area (Å²) in [5.74, 6) is 0. The minimum Gasteiger partial charge on any atom is -0.444 e. The maximum Gasteiger partial charge on any atom is 0.410 e. The Morgan fingerprint density at radius 1 is 0.826 bits per heavy atom. The van der Waals surface area contributed by atoms with Gasteiger partial charge in [0.05, 0.1) is 0 Å². The van der Waals surface area contributed by atoms with Crippen LogP contribution in [0.15, 0.2) is 24.3 Å². The highest BCUT2D eigenvalue weighted by atomic mass is 16.6. The van der Waals surface area contributed by atoms with Crippen molar-refractivity contribution in [1.82, 2.24) is 4.90 Å². The van der Waals surface area contributed by atoms with Crippen molar-refractivity contribution < 1.29 is 9.53 Å². The Balaban J connectivity index is 2.54. The van der Waals surface area contributed by atoms with E-state index in [1.165, 1.54) is 32.1 Å². The molecule has 0 aliphatic carbocycles. The summed E-state index contributed by atoms with van der Waals surface area (Å²) < 4.78 is 5.52. The molecule has 0 aromatic heterocycles. The topological polar surface area (TPSA) is 29.5 Å². The first kappa shape index (κ1) is 19.8. The van der Waals surface area contributed by atoms with Gasteiger partial charge in [0.2, 0.25) is 0 Å². The van der Waals surface area contributed by atoms with Gasteiger partial charge >= 0.3 is 6.09 Å². The highest BCUT2D eigenvalue weighted by Gasteiger charge is 2.20. The summed E-state index contributed by atoms with van der Waals surface area (Å²) >= 11 is 0. The van der Waals surface area contributed by atoms with Crippen LogP contribution in [0.25, 0.3) is 0 Å². The molecule has 0 saturated carbocycles. The molecule has 23 heavy (non-hydrogen) atoms. The van der Waals surface area contributed by atoms with E-state index in [4.69, 9.17) is 4.74 Å². The highest BCUT2D eigenvalue weighted by molar-refractivity contribution is 5.68. The summed E-state index contributed by atoms with van der Waals surface area (Å²) in [4.78, 5) is 14.1. The summed E-state index contributed by atoms with van der Waals surface area (Å²) in [6.07, 6.45) is 19.5. The zero-order valence-electron chi connectivity index (χ0n) is 15.4. The van der Waals surface area contributed by atoms with Gasteiger partial charge in [-0.05, 0) is 65.7 Å². The minimum atomic E-state index is -0.432. The largest absolute Gasteiger partial charge is 0.444 e. The summed E-state index contributed by atoms with van der Waals surface area (Å²) in [5.41, 5.74) is -0.432. The molecule has 132 valence electrons. The molecule has 0 atom stereocenters. The van der Waals surface area contributed by atoms with E-state index in [2.05, 4.69) is 24.3 Å². The van der Waals surface area contributed by atoms with Crippen molar-refractivity contribution in [2.75, 3.05) is 13.1 Å². The van der Waals surface area contributed by atoms with Crippen LogP contribution in [0.5, 0.6) is 0 Å². The van der Waals surface area contributed by atoms with Crippen LogP contribution in [0.3, 0.4) is 0 Å². The average Bonchev–Trinajstić information content (AvgIpc) is 2.45. The zero-order chi connectivity index (χ0) is 17.0. The van der Waals surface area contributed by atoms with Crippen molar-refractivity contribution in [2.24, 2.45) is 0 Å². The first-order chi connectivity index (χ1) is 11.0. The lowest BCUT2D eigenvalue weighted by Gasteiger charge is -2.26. The number of ether oxygens (including phenoxy) is 1. The van der Waals surface area contributed by atoms with E-state index >= 15 is 0 Å². The van der Waals surface area contributed by atoms with Gasteiger partial charge in [-0.2, -0.15) is 0 Å². The van der Waals surface area contributed by atoms with Gasteiger partial charge in [0.25, 0.3) is 0 Å². The number of rotatable bonds is 0. The molecule has 1 aliphatic rings. The molecule has 0 bridgehead atoms. The lowest BCUT2D eigenvalue weighted by atomic mass is 10.1. The molecule has 0 aromatic carbocycles. The van der Waals surface area contributed by atoms with Gasteiger partial charge in [0, 0.05) is 13.1 Å². The van der Waals surface area contributed by atoms with Crippen LogP contribution in [0.2, 0.25) is 0 Å². The van der Waals surface area contributed by atoms with Crippen molar-refractivity contribution in [3.8, 4) is 0 Å². The maximum atomic E-state index is 12.3. The van der Waals surface area contributed by atoms with Gasteiger partial charge in [0.1, 0.15) is 5.60 Å². The second-order valence-corrected chi connectivity index (χ2v) is 7.36. The van der Waals surface area contributed by atoms with Gasteiger partial charge in [-0.1, -0.05) is 37.1 Å². The van der Waals surface area contributed by atoms with Crippen molar-refractivity contribution in [2.45, 2.75) is 84.2 Å². The van der Waals surface area contributed by atoms with E-state index in [1.54, 1.807) is 0 Å². The number of hydrogen-bond acceptors (Lipinski definition) is 2. The van der Waals surface area contributed by atoms with Crippen LogP contribution < -0.4 is 0 Å². The molecule has 0 spiro atoms. The monoisotopic (exact) mass is 321 g/mol. The predicted octanol–water partition coefficient (Wildman–Crippen LogP) is 5.86. The Morgan fingerprint density at radius 3 is 1.91 bits per heavy atom. The van der Waals surface area contributed by atoms with E-state index in [0.717, 1.165) is 32.2 Å². The fourth-order valence-electron chi connectivity index (χ4n) is 2.58. The Morgan fingerprint density at radius 2 is 1.35 bits per heavy atom. The molecule has 0 radical (unpaired) electrons. The normalized spacial score (nSPS) is 19.5. The van der Waals surface area contributed by atoms with Crippen LogP contribution in [-0.2, 0) is 4.74 Å². The molecule has 0 N–H and O–H groups in total. The first-order valence-electron chi connectivity index (χ1n) is 9.27. The van der Waals surface area contributed by atoms with Gasteiger partial charge in [-0.25, -0.2) is 4.79 Å². The molecule has 3 nitrogen and oxygen atoms in total. The van der Waals surface area contributed by atoms with E-state index in [0.29, 0.717) is 6.54 Å². The van der Waals surface area contributed by atoms with Gasteiger partial charge in [-0.15, -0.1) is 0 Å². The smallest absolute Gasteiger partial charge is 0.410 e. The Kier molecular flexibility index (Phi) is 9.74. The standard InChI is InChI=1S/C20H35NO2/c1-20(2,3)23-19(22)21-17-15-13-11-9-7-5-4-6-8-10-12-14-16-18-21/h7,9,14,16H,4-6,8,10-13,15,17-18H2,1-3H3.